The summed E-state index contributed by atoms with van der Waals surface area (Å²) in [5.74, 6) is -16.1. The topological polar surface area (TPSA) is 66.2 Å². The highest BCUT2D eigenvalue weighted by Gasteiger charge is 2.84. The Morgan fingerprint density at radius 2 is 0.974 bits per heavy atom. The number of thioether (sulfide) groups is 2. The van der Waals surface area contributed by atoms with Crippen molar-refractivity contribution < 1.29 is 36.6 Å². The van der Waals surface area contributed by atoms with Gasteiger partial charge in [0, 0.05) is 45.7 Å². The van der Waals surface area contributed by atoms with Gasteiger partial charge in [-0.1, -0.05) is 0 Å². The lowest BCUT2D eigenvalue weighted by molar-refractivity contribution is -0.258. The van der Waals surface area contributed by atoms with E-state index in [9.17, 15) is 19.0 Å². The van der Waals surface area contributed by atoms with Crippen molar-refractivity contribution in [2.45, 2.75) is 53.3 Å². The van der Waals surface area contributed by atoms with E-state index in [0.29, 0.717) is 11.1 Å². The van der Waals surface area contributed by atoms with Crippen LogP contribution in [0.2, 0.25) is 0 Å². The van der Waals surface area contributed by atoms with Crippen LogP contribution < -0.4 is 0 Å². The lowest BCUT2D eigenvalue weighted by atomic mass is 9.71. The normalized spacial score (nSPS) is 31.3. The van der Waals surface area contributed by atoms with Gasteiger partial charge in [-0.25, -0.2) is 0 Å². The fraction of sp³-hybridized carbons (Fsp3) is 0.333. The fourth-order valence-corrected chi connectivity index (χ4v) is 8.85. The van der Waals surface area contributed by atoms with Crippen LogP contribution in [-0.2, 0) is 0 Å². The largest absolute Gasteiger partial charge is 0.383 e. The van der Waals surface area contributed by atoms with Crippen molar-refractivity contribution in [3.63, 3.8) is 0 Å². The summed E-state index contributed by atoms with van der Waals surface area (Å²) in [5.41, 5.74) is -2.88. The zero-order valence-corrected chi connectivity index (χ0v) is 21.9. The van der Waals surface area contributed by atoms with Gasteiger partial charge in [0.25, 0.3) is 0 Å². The van der Waals surface area contributed by atoms with E-state index < -0.39 is 50.6 Å². The number of aliphatic hydroxyl groups excluding tert-OH is 2. The molecule has 4 aliphatic rings. The van der Waals surface area contributed by atoms with Gasteiger partial charge in [0.15, 0.2) is 0 Å². The standard InChI is InChI=1S/C27H20F6N2O2S2/c1-23-15(11-17(38-23)21(36)13-3-7-34-8-4-13)19-20(26(30,31)27(32,33)25(19,28)29)16-12-18(39-24(16,23)2)22(37)14-5-9-35-10-6-14/h3-12,21-22,36-37H,1-2H3. The number of hydrogen-bond donors (Lipinski definition) is 2. The first kappa shape index (κ1) is 26.7. The number of alkyl halides is 6. The number of rotatable bonds is 4. The summed E-state index contributed by atoms with van der Waals surface area (Å²) >= 11 is 1.93. The molecule has 39 heavy (non-hydrogen) atoms. The van der Waals surface area contributed by atoms with Gasteiger partial charge in [-0.05, 0) is 72.5 Å². The number of aliphatic hydroxyl groups is 2. The Morgan fingerprint density at radius 1 is 0.641 bits per heavy atom. The van der Waals surface area contributed by atoms with E-state index >= 15 is 17.6 Å². The molecule has 4 atom stereocenters. The molecule has 1 fully saturated rings. The second kappa shape index (κ2) is 8.25. The molecule has 0 bridgehead atoms. The van der Waals surface area contributed by atoms with E-state index in [-0.39, 0.29) is 21.0 Å². The molecule has 1 saturated carbocycles. The zero-order valence-electron chi connectivity index (χ0n) is 20.3. The van der Waals surface area contributed by atoms with Gasteiger partial charge in [0.05, 0.1) is 9.49 Å². The van der Waals surface area contributed by atoms with Crippen molar-refractivity contribution in [2.75, 3.05) is 0 Å². The van der Waals surface area contributed by atoms with Gasteiger partial charge in [-0.3, -0.25) is 9.97 Å². The molecule has 2 aromatic heterocycles. The van der Waals surface area contributed by atoms with Crippen molar-refractivity contribution in [1.29, 1.82) is 0 Å². The number of pyridine rings is 2. The maximum Gasteiger partial charge on any atom is 0.380 e. The molecule has 0 amide bonds. The molecule has 204 valence electrons. The molecule has 4 unspecified atom stereocenters. The minimum absolute atomic E-state index is 0.145. The summed E-state index contributed by atoms with van der Waals surface area (Å²) in [6, 6.07) is 6.03. The SMILES string of the molecule is CC12SC(C(O)c3ccncc3)=CC1=C1C(=C3C=C(C(O)c4ccncc4)SC32C)C(F)(F)C(F)(F)C1(F)F. The number of hydrogen-bond acceptors (Lipinski definition) is 6. The van der Waals surface area contributed by atoms with Crippen LogP contribution in [-0.4, -0.2) is 47.4 Å². The van der Waals surface area contributed by atoms with Crippen LogP contribution in [0.4, 0.5) is 26.3 Å². The quantitative estimate of drug-likeness (QED) is 0.399. The first-order valence-electron chi connectivity index (χ1n) is 11.8. The van der Waals surface area contributed by atoms with Crippen LogP contribution in [0.5, 0.6) is 0 Å². The first-order valence-corrected chi connectivity index (χ1v) is 13.4. The molecular weight excluding hydrogens is 562 g/mol. The van der Waals surface area contributed by atoms with Crippen molar-refractivity contribution >= 4 is 23.5 Å². The third-order valence-corrected chi connectivity index (χ3v) is 11.3. The number of nitrogens with zero attached hydrogens (tertiary/aromatic N) is 2. The lowest BCUT2D eigenvalue weighted by Gasteiger charge is -2.47. The fourth-order valence-electron chi connectivity index (χ4n) is 5.65. The van der Waals surface area contributed by atoms with Crippen LogP contribution in [0.15, 0.2) is 93.3 Å². The molecule has 6 rings (SSSR count). The highest BCUT2D eigenvalue weighted by molar-refractivity contribution is 8.09. The summed E-state index contributed by atoms with van der Waals surface area (Å²) in [4.78, 5) is 8.05. The maximum atomic E-state index is 15.4. The molecule has 12 heteroatoms. The summed E-state index contributed by atoms with van der Waals surface area (Å²) < 4.78 is 88.4. The van der Waals surface area contributed by atoms with E-state index in [4.69, 9.17) is 0 Å². The average molecular weight is 583 g/mol. The molecule has 2 aliphatic carbocycles. The Bertz CT molecular complexity index is 1400. The highest BCUT2D eigenvalue weighted by atomic mass is 32.2. The summed E-state index contributed by atoms with van der Waals surface area (Å²) in [6.45, 7) is 3.04. The minimum Gasteiger partial charge on any atom is -0.383 e. The molecule has 0 saturated heterocycles. The molecule has 0 spiro atoms. The molecular formula is C27H20F6N2O2S2. The van der Waals surface area contributed by atoms with Crippen LogP contribution in [0, 0.1) is 0 Å². The number of fused-ring (bicyclic) bond motifs is 4. The second-order valence-electron chi connectivity index (χ2n) is 10.0. The molecule has 0 radical (unpaired) electrons. The Balaban J connectivity index is 1.59. The van der Waals surface area contributed by atoms with E-state index in [2.05, 4.69) is 9.97 Å². The predicted octanol–water partition coefficient (Wildman–Crippen LogP) is 6.55. The summed E-state index contributed by atoms with van der Waals surface area (Å²) in [6.07, 6.45) is 5.29. The van der Waals surface area contributed by atoms with Crippen molar-refractivity contribution in [3.8, 4) is 0 Å². The molecule has 2 aromatic rings. The molecule has 2 aliphatic heterocycles. The van der Waals surface area contributed by atoms with Gasteiger partial charge in [0.1, 0.15) is 12.2 Å². The number of aromatic nitrogens is 2. The van der Waals surface area contributed by atoms with Crippen molar-refractivity contribution in [1.82, 2.24) is 9.97 Å². The third kappa shape index (κ3) is 3.25. The Hall–Kier alpha value is -2.54. The van der Waals surface area contributed by atoms with E-state index in [0.717, 1.165) is 35.7 Å². The van der Waals surface area contributed by atoms with Crippen molar-refractivity contribution in [3.05, 3.63) is 104 Å². The molecule has 4 nitrogen and oxygen atoms in total. The van der Waals surface area contributed by atoms with E-state index in [1.54, 1.807) is 0 Å². The smallest absolute Gasteiger partial charge is 0.380 e. The summed E-state index contributed by atoms with van der Waals surface area (Å²) in [5, 5.41) is 22.1. The van der Waals surface area contributed by atoms with Crippen LogP contribution >= 0.6 is 23.5 Å². The van der Waals surface area contributed by atoms with Gasteiger partial charge in [0.2, 0.25) is 0 Å². The highest BCUT2D eigenvalue weighted by Crippen LogP contribution is 2.75. The average Bonchev–Trinajstić information content (AvgIpc) is 3.48. The molecule has 0 aromatic carbocycles. The van der Waals surface area contributed by atoms with E-state index in [1.807, 2.05) is 0 Å². The number of halogens is 6. The molecule has 2 N–H and O–H groups in total. The monoisotopic (exact) mass is 582 g/mol. The second-order valence-corrected chi connectivity index (χ2v) is 13.0. The molecule has 4 heterocycles. The van der Waals surface area contributed by atoms with Crippen LogP contribution in [0.3, 0.4) is 0 Å². The van der Waals surface area contributed by atoms with Crippen molar-refractivity contribution in [2.24, 2.45) is 0 Å². The number of allylic oxidation sites excluding steroid dienone is 4. The maximum absolute atomic E-state index is 15.4. The Morgan fingerprint density at radius 3 is 1.31 bits per heavy atom. The first-order chi connectivity index (χ1) is 18.2. The Kier molecular flexibility index (Phi) is 5.64. The van der Waals surface area contributed by atoms with Gasteiger partial charge in [-0.2, -0.15) is 26.3 Å². The predicted molar refractivity (Wildman–Crippen MR) is 135 cm³/mol. The van der Waals surface area contributed by atoms with Gasteiger partial charge < -0.3 is 10.2 Å². The summed E-state index contributed by atoms with van der Waals surface area (Å²) in [7, 11) is 0. The van der Waals surface area contributed by atoms with Gasteiger partial charge in [-0.15, -0.1) is 23.5 Å². The van der Waals surface area contributed by atoms with Crippen LogP contribution in [0.1, 0.15) is 37.2 Å². The van der Waals surface area contributed by atoms with Crippen LogP contribution in [0.25, 0.3) is 0 Å². The van der Waals surface area contributed by atoms with E-state index in [1.165, 1.54) is 62.9 Å². The minimum atomic E-state index is -5.69. The zero-order chi connectivity index (χ0) is 28.2. The van der Waals surface area contributed by atoms with Gasteiger partial charge >= 0.3 is 17.8 Å². The lowest BCUT2D eigenvalue weighted by Crippen LogP contribution is -2.49. The Labute approximate surface area is 227 Å². The third-order valence-electron chi connectivity index (χ3n) is 7.94.